The van der Waals surface area contributed by atoms with Crippen molar-refractivity contribution in [2.45, 2.75) is 36.7 Å². The van der Waals surface area contributed by atoms with Gasteiger partial charge in [0.2, 0.25) is 0 Å². The molecule has 1 heterocycles. The van der Waals surface area contributed by atoms with Crippen molar-refractivity contribution in [3.05, 3.63) is 89.0 Å². The van der Waals surface area contributed by atoms with E-state index in [1.807, 2.05) is 36.4 Å². The Morgan fingerprint density at radius 1 is 1.12 bits per heavy atom. The average Bonchev–Trinajstić information content (AvgIpc) is 3.31. The molecule has 3 aromatic carbocycles. The van der Waals surface area contributed by atoms with Gasteiger partial charge < -0.3 is 15.4 Å². The smallest absolute Gasteiger partial charge is 0.346 e. The first kappa shape index (κ1) is 23.0. The molecule has 172 valence electrons. The van der Waals surface area contributed by atoms with Crippen molar-refractivity contribution >= 4 is 22.5 Å². The minimum Gasteiger partial charge on any atom is -0.495 e. The van der Waals surface area contributed by atoms with E-state index >= 15 is 0 Å². The normalized spacial score (nSPS) is 14.3. The maximum Gasteiger partial charge on any atom is 0.346 e. The van der Waals surface area contributed by atoms with Crippen molar-refractivity contribution < 1.29 is 18.9 Å². The fraction of sp³-hybridized carbons (Fsp3) is 0.240. The maximum absolute atomic E-state index is 13.1. The van der Waals surface area contributed by atoms with Gasteiger partial charge in [0.05, 0.1) is 34.6 Å². The third-order valence-corrected chi connectivity index (χ3v) is 7.14. The van der Waals surface area contributed by atoms with Gasteiger partial charge >= 0.3 is 6.03 Å². The molecule has 0 aromatic heterocycles. The van der Waals surface area contributed by atoms with Gasteiger partial charge in [0.15, 0.2) is 0 Å². The quantitative estimate of drug-likeness (QED) is 0.351. The summed E-state index contributed by atoms with van der Waals surface area (Å²) in [5.41, 5.74) is 4.76. The summed E-state index contributed by atoms with van der Waals surface area (Å²) >= 11 is 0. The molecule has 0 aliphatic carbocycles. The van der Waals surface area contributed by atoms with E-state index in [4.69, 9.17) is 4.74 Å². The monoisotopic (exact) mass is 465 g/mol. The van der Waals surface area contributed by atoms with E-state index in [0.29, 0.717) is 27.1 Å². The molecule has 7 nitrogen and oxygen atoms in total. The molecule has 0 saturated heterocycles. The van der Waals surface area contributed by atoms with Gasteiger partial charge in [-0.25, -0.2) is 4.79 Å². The Kier molecular flexibility index (Phi) is 7.08. The topological polar surface area (TPSA) is 90.9 Å². The molecule has 3 aromatic rings. The number of anilines is 1. The van der Waals surface area contributed by atoms with Crippen molar-refractivity contribution in [2.24, 2.45) is 0 Å². The van der Waals surface area contributed by atoms with E-state index < -0.39 is 22.9 Å². The van der Waals surface area contributed by atoms with Crippen LogP contribution < -0.4 is 15.4 Å². The Morgan fingerprint density at radius 2 is 1.88 bits per heavy atom. The van der Waals surface area contributed by atoms with Crippen LogP contribution in [0.3, 0.4) is 0 Å². The zero-order valence-electron chi connectivity index (χ0n) is 18.6. The maximum atomic E-state index is 13.1. The minimum absolute atomic E-state index is 0.369. The summed E-state index contributed by atoms with van der Waals surface area (Å²) in [6.45, 7) is 3.43. The molecule has 8 heteroatoms. The molecular weight excluding hydrogens is 438 g/mol. The number of methoxy groups -OCH3 is 1. The molecule has 0 fully saturated rings. The molecule has 1 aliphatic rings. The van der Waals surface area contributed by atoms with Gasteiger partial charge in [-0.15, -0.1) is 0 Å². The number of amides is 2. The number of hydrogen-bond acceptors (Lipinski definition) is 5. The Labute approximate surface area is 195 Å². The minimum atomic E-state index is -1.32. The number of urea groups is 1. The van der Waals surface area contributed by atoms with Gasteiger partial charge in [-0.05, 0) is 41.3 Å². The lowest BCUT2D eigenvalue weighted by Gasteiger charge is -2.23. The molecule has 0 radical (unpaired) electrons. The van der Waals surface area contributed by atoms with E-state index in [-0.39, 0.29) is 0 Å². The van der Waals surface area contributed by atoms with Crippen molar-refractivity contribution in [1.29, 1.82) is 0 Å². The highest BCUT2D eigenvalue weighted by molar-refractivity contribution is 7.84. The lowest BCUT2D eigenvalue weighted by molar-refractivity contribution is -0.0690. The van der Waals surface area contributed by atoms with Crippen molar-refractivity contribution in [2.75, 3.05) is 12.4 Å². The zero-order valence-corrected chi connectivity index (χ0v) is 19.4. The fourth-order valence-corrected chi connectivity index (χ4v) is 5.05. The van der Waals surface area contributed by atoms with E-state index in [2.05, 4.69) is 22.8 Å². The van der Waals surface area contributed by atoms with Crippen molar-refractivity contribution in [1.82, 2.24) is 10.4 Å². The van der Waals surface area contributed by atoms with Crippen LogP contribution in [0.25, 0.3) is 0 Å². The molecular formula is C25H27N3O4S. The van der Waals surface area contributed by atoms with Crippen LogP contribution in [-0.2, 0) is 29.6 Å². The Morgan fingerprint density at radius 3 is 2.64 bits per heavy atom. The highest BCUT2D eigenvalue weighted by Gasteiger charge is 2.21. The largest absolute Gasteiger partial charge is 0.495 e. The third-order valence-electron chi connectivity index (χ3n) is 5.72. The van der Waals surface area contributed by atoms with Crippen LogP contribution in [0.2, 0.25) is 0 Å². The van der Waals surface area contributed by atoms with Crippen LogP contribution in [0.1, 0.15) is 35.2 Å². The summed E-state index contributed by atoms with van der Waals surface area (Å²) in [4.78, 5) is 13.1. The van der Waals surface area contributed by atoms with E-state index in [1.165, 1.54) is 18.2 Å². The SMILES string of the molecule is COc1cc(NC(=O)N(O)C(C)c2ccccc2)ccc1S(=O)Cc1ccc2c(c1)CNC2. The Balaban J connectivity index is 1.45. The molecule has 4 rings (SSSR count). The lowest BCUT2D eigenvalue weighted by Crippen LogP contribution is -2.34. The fourth-order valence-electron chi connectivity index (χ4n) is 3.83. The van der Waals surface area contributed by atoms with Gasteiger partial charge in [0, 0.05) is 24.8 Å². The molecule has 3 N–H and O–H groups in total. The zero-order chi connectivity index (χ0) is 23.4. The third kappa shape index (κ3) is 5.24. The molecule has 0 bridgehead atoms. The Bertz CT molecular complexity index is 1170. The van der Waals surface area contributed by atoms with Crippen LogP contribution in [0.4, 0.5) is 10.5 Å². The molecule has 2 amide bonds. The van der Waals surface area contributed by atoms with Crippen molar-refractivity contribution in [3.8, 4) is 5.75 Å². The number of rotatable bonds is 7. The van der Waals surface area contributed by atoms with Crippen LogP contribution >= 0.6 is 0 Å². The molecule has 2 unspecified atom stereocenters. The summed E-state index contributed by atoms with van der Waals surface area (Å²) in [6.07, 6.45) is 0. The lowest BCUT2D eigenvalue weighted by atomic mass is 10.1. The number of hydroxylamine groups is 2. The average molecular weight is 466 g/mol. The van der Waals surface area contributed by atoms with Crippen LogP contribution in [0.15, 0.2) is 71.6 Å². The molecule has 0 spiro atoms. The van der Waals surface area contributed by atoms with E-state index in [1.54, 1.807) is 25.1 Å². The number of nitrogens with zero attached hydrogens (tertiary/aromatic N) is 1. The Hall–Kier alpha value is -3.20. The highest BCUT2D eigenvalue weighted by Crippen LogP contribution is 2.29. The number of carbonyl (C=O) groups is 1. The van der Waals surface area contributed by atoms with Crippen LogP contribution in [0.5, 0.6) is 5.75 Å². The predicted molar refractivity (Wildman–Crippen MR) is 128 cm³/mol. The standard InChI is InChI=1S/C25H27N3O4S/c1-17(19-6-4-3-5-7-19)28(30)25(29)27-22-10-11-24(23(13-22)32-2)33(31)16-18-8-9-20-14-26-15-21(20)12-18/h3-13,17,26,30H,14-16H2,1-2H3,(H,27,29). The summed E-state index contributed by atoms with van der Waals surface area (Å²) in [5.74, 6) is 0.781. The van der Waals surface area contributed by atoms with Gasteiger partial charge in [-0.3, -0.25) is 9.42 Å². The van der Waals surface area contributed by atoms with Crippen molar-refractivity contribution in [3.63, 3.8) is 0 Å². The summed E-state index contributed by atoms with van der Waals surface area (Å²) in [5, 5.41) is 17.0. The first-order valence-corrected chi connectivity index (χ1v) is 12.0. The molecule has 0 saturated carbocycles. The van der Waals surface area contributed by atoms with Gasteiger partial charge in [-0.2, -0.15) is 5.06 Å². The van der Waals surface area contributed by atoms with Gasteiger partial charge in [0.25, 0.3) is 0 Å². The first-order valence-electron chi connectivity index (χ1n) is 10.7. The number of nitrogens with one attached hydrogen (secondary N) is 2. The molecule has 1 aliphatic heterocycles. The van der Waals surface area contributed by atoms with Crippen LogP contribution in [0, 0.1) is 0 Å². The summed E-state index contributed by atoms with van der Waals surface area (Å²) < 4.78 is 18.5. The summed E-state index contributed by atoms with van der Waals surface area (Å²) in [6, 6.07) is 19.2. The number of carbonyl (C=O) groups excluding carboxylic acids is 1. The second-order valence-electron chi connectivity index (χ2n) is 7.92. The van der Waals surface area contributed by atoms with E-state index in [9.17, 15) is 14.2 Å². The molecule has 2 atom stereocenters. The van der Waals surface area contributed by atoms with E-state index in [0.717, 1.165) is 24.2 Å². The molecule has 33 heavy (non-hydrogen) atoms. The van der Waals surface area contributed by atoms with Gasteiger partial charge in [0.1, 0.15) is 5.75 Å². The predicted octanol–water partition coefficient (Wildman–Crippen LogP) is 4.59. The second-order valence-corrected chi connectivity index (χ2v) is 9.34. The van der Waals surface area contributed by atoms with Gasteiger partial charge in [-0.1, -0.05) is 48.5 Å². The number of fused-ring (bicyclic) bond motifs is 1. The van der Waals surface area contributed by atoms with Crippen LogP contribution in [-0.4, -0.2) is 27.6 Å². The second kappa shape index (κ2) is 10.2. The number of ether oxygens (including phenoxy) is 1. The summed E-state index contributed by atoms with van der Waals surface area (Å²) in [7, 11) is 0.176. The highest BCUT2D eigenvalue weighted by atomic mass is 32.2. The first-order chi connectivity index (χ1) is 16.0. The number of benzene rings is 3. The number of hydrogen-bond donors (Lipinski definition) is 3.